The van der Waals surface area contributed by atoms with Crippen molar-refractivity contribution in [2.24, 2.45) is 5.92 Å². The molecule has 6 atom stereocenters. The molecule has 3 N–H and O–H groups in total. The molecule has 0 radical (unpaired) electrons. The van der Waals surface area contributed by atoms with Crippen LogP contribution in [0.1, 0.15) is 47.8 Å². The zero-order valence-corrected chi connectivity index (χ0v) is 25.7. The lowest BCUT2D eigenvalue weighted by Crippen LogP contribution is -2.43. The Morgan fingerprint density at radius 1 is 1.19 bits per heavy atom. The average Bonchev–Trinajstić information content (AvgIpc) is 3.14. The fourth-order valence-electron chi connectivity index (χ4n) is 3.90. The molecule has 43 heavy (non-hydrogen) atoms. The zero-order valence-electron chi connectivity index (χ0n) is 24.8. The summed E-state index contributed by atoms with van der Waals surface area (Å²) >= 11 is 0. The number of carbonyl (C=O) groups is 2. The maximum absolute atomic E-state index is 15.8. The van der Waals surface area contributed by atoms with Gasteiger partial charge in [-0.15, -0.1) is 0 Å². The van der Waals surface area contributed by atoms with Crippen LogP contribution in [0.25, 0.3) is 0 Å². The van der Waals surface area contributed by atoms with E-state index in [4.69, 9.17) is 23.3 Å². The van der Waals surface area contributed by atoms with Crippen molar-refractivity contribution < 1.29 is 46.9 Å². The maximum Gasteiger partial charge on any atom is 0.459 e. The van der Waals surface area contributed by atoms with Gasteiger partial charge in [-0.05, 0) is 51.8 Å². The number of aliphatic hydroxyl groups excluding tert-OH is 1. The van der Waals surface area contributed by atoms with Gasteiger partial charge in [-0.2, -0.15) is 10.1 Å². The van der Waals surface area contributed by atoms with Gasteiger partial charge in [0.05, 0.1) is 19.3 Å². The number of alkyl halides is 1. The third kappa shape index (κ3) is 9.31. The first-order chi connectivity index (χ1) is 20.1. The van der Waals surface area contributed by atoms with Crippen molar-refractivity contribution >= 4 is 25.6 Å². The minimum Gasteiger partial charge on any atom is -0.462 e. The van der Waals surface area contributed by atoms with Crippen molar-refractivity contribution in [3.05, 3.63) is 53.1 Å². The van der Waals surface area contributed by atoms with Gasteiger partial charge in [0.15, 0.2) is 11.9 Å². The number of anilines is 1. The highest BCUT2D eigenvalue weighted by atomic mass is 31.2. The van der Waals surface area contributed by atoms with E-state index in [1.807, 2.05) is 13.8 Å². The zero-order chi connectivity index (χ0) is 31.9. The number of aliphatic hydroxyl groups is 1. The van der Waals surface area contributed by atoms with Crippen LogP contribution in [0.2, 0.25) is 0 Å². The predicted octanol–water partition coefficient (Wildman–Crippen LogP) is 3.57. The normalized spacial score (nSPS) is 23.9. The number of para-hydroxylation sites is 1. The number of halogens is 1. The van der Waals surface area contributed by atoms with Crippen LogP contribution in [0.5, 0.6) is 5.75 Å². The Balaban J connectivity index is 1.75. The summed E-state index contributed by atoms with van der Waals surface area (Å²) in [5, 5.41) is 15.6. The quantitative estimate of drug-likeness (QED) is 0.217. The van der Waals surface area contributed by atoms with Crippen molar-refractivity contribution in [2.45, 2.75) is 77.8 Å². The molecule has 1 aromatic heterocycles. The standard InChI is InChI=1S/C27H38FN4O10P/c1-16(2)14-38-26(36)30-21-12-13-32(25(35)29-21)24-27(6,28)22(33)20(41-24)15-39-43(37,42-19-10-8-7-9-11-19)31-18(5)23(34)40-17(3)4/h7-13,16-18,20,22,24,33H,14-15H2,1-6H3,(H,31,37)(H,29,30,35,36)/t18-,20+,22+,24+,27+,43-/m0/s1. The molecule has 238 valence electrons. The molecule has 16 heteroatoms. The fourth-order valence-corrected chi connectivity index (χ4v) is 5.40. The third-order valence-electron chi connectivity index (χ3n) is 6.01. The highest BCUT2D eigenvalue weighted by Gasteiger charge is 2.56. The van der Waals surface area contributed by atoms with Gasteiger partial charge in [-0.25, -0.2) is 18.5 Å². The summed E-state index contributed by atoms with van der Waals surface area (Å²) in [6, 6.07) is 8.07. The first-order valence-corrected chi connectivity index (χ1v) is 15.2. The van der Waals surface area contributed by atoms with Crippen LogP contribution < -0.4 is 20.6 Å². The Kier molecular flexibility index (Phi) is 11.4. The Labute approximate surface area is 248 Å². The smallest absolute Gasteiger partial charge is 0.459 e. The van der Waals surface area contributed by atoms with Crippen LogP contribution in [-0.4, -0.2) is 70.0 Å². The monoisotopic (exact) mass is 628 g/mol. The lowest BCUT2D eigenvalue weighted by molar-refractivity contribution is -0.149. The van der Waals surface area contributed by atoms with E-state index >= 15 is 4.39 Å². The molecule has 1 aromatic carbocycles. The summed E-state index contributed by atoms with van der Waals surface area (Å²) in [4.78, 5) is 40.7. The Hall–Kier alpha value is -3.36. The second kappa shape index (κ2) is 14.4. The molecule has 1 saturated heterocycles. The Bertz CT molecular complexity index is 1360. The topological polar surface area (TPSA) is 177 Å². The van der Waals surface area contributed by atoms with Gasteiger partial charge in [-0.1, -0.05) is 32.0 Å². The molecular weight excluding hydrogens is 590 g/mol. The highest BCUT2D eigenvalue weighted by molar-refractivity contribution is 7.52. The highest BCUT2D eigenvalue weighted by Crippen LogP contribution is 2.47. The van der Waals surface area contributed by atoms with E-state index in [-0.39, 0.29) is 24.1 Å². The third-order valence-corrected chi connectivity index (χ3v) is 7.66. The molecule has 0 spiro atoms. The molecular formula is C27H38FN4O10P. The van der Waals surface area contributed by atoms with Crippen molar-refractivity contribution in [3.63, 3.8) is 0 Å². The molecule has 2 aromatic rings. The number of benzene rings is 1. The van der Waals surface area contributed by atoms with Gasteiger partial charge in [0.25, 0.3) is 0 Å². The van der Waals surface area contributed by atoms with Crippen LogP contribution in [0.4, 0.5) is 15.0 Å². The number of ether oxygens (including phenoxy) is 3. The van der Waals surface area contributed by atoms with Gasteiger partial charge >= 0.3 is 25.5 Å². The summed E-state index contributed by atoms with van der Waals surface area (Å²) in [5.74, 6) is -0.620. The van der Waals surface area contributed by atoms with Crippen molar-refractivity contribution in [2.75, 3.05) is 18.5 Å². The Morgan fingerprint density at radius 2 is 1.86 bits per heavy atom. The molecule has 3 rings (SSSR count). The minimum atomic E-state index is -4.35. The van der Waals surface area contributed by atoms with Gasteiger partial charge in [-0.3, -0.25) is 19.2 Å². The van der Waals surface area contributed by atoms with E-state index in [0.29, 0.717) is 0 Å². The second-order valence-electron chi connectivity index (χ2n) is 10.8. The molecule has 14 nitrogen and oxygen atoms in total. The van der Waals surface area contributed by atoms with Gasteiger partial charge in [0.1, 0.15) is 29.8 Å². The minimum absolute atomic E-state index is 0.0937. The average molecular weight is 629 g/mol. The van der Waals surface area contributed by atoms with E-state index in [1.54, 1.807) is 32.0 Å². The van der Waals surface area contributed by atoms with Crippen molar-refractivity contribution in [1.82, 2.24) is 14.6 Å². The molecule has 2 heterocycles. The van der Waals surface area contributed by atoms with Gasteiger partial charge < -0.3 is 23.8 Å². The number of esters is 1. The number of hydrogen-bond donors (Lipinski definition) is 3. The Morgan fingerprint density at radius 3 is 2.47 bits per heavy atom. The molecule has 1 fully saturated rings. The summed E-state index contributed by atoms with van der Waals surface area (Å²) in [7, 11) is -4.35. The van der Waals surface area contributed by atoms with Crippen LogP contribution in [0, 0.1) is 5.92 Å². The van der Waals surface area contributed by atoms with Gasteiger partial charge in [0.2, 0.25) is 0 Å². The lowest BCUT2D eigenvalue weighted by Gasteiger charge is -2.25. The van der Waals surface area contributed by atoms with Crippen LogP contribution in [0.3, 0.4) is 0 Å². The van der Waals surface area contributed by atoms with E-state index in [2.05, 4.69) is 15.4 Å². The number of nitrogens with one attached hydrogen (secondary N) is 2. The number of aromatic nitrogens is 2. The van der Waals surface area contributed by atoms with Crippen molar-refractivity contribution in [1.29, 1.82) is 0 Å². The lowest BCUT2D eigenvalue weighted by atomic mass is 9.98. The summed E-state index contributed by atoms with van der Waals surface area (Å²) in [6.45, 7) is 8.91. The number of amides is 1. The van der Waals surface area contributed by atoms with Crippen LogP contribution in [-0.2, 0) is 28.1 Å². The SMILES string of the molecule is CC(C)COC(=O)Nc1ccn([C@@H]2O[C@H](CO[P@@](=O)(N[C@@H](C)C(=O)OC(C)C)Oc3ccccc3)[C@@H](O)[C@@]2(C)F)c(=O)n1. The largest absolute Gasteiger partial charge is 0.462 e. The molecule has 1 amide bonds. The number of nitrogens with zero attached hydrogens (tertiary/aromatic N) is 2. The predicted molar refractivity (Wildman–Crippen MR) is 152 cm³/mol. The van der Waals surface area contributed by atoms with E-state index in [0.717, 1.165) is 17.7 Å². The fraction of sp³-hybridized carbons (Fsp3) is 0.556. The first-order valence-electron chi connectivity index (χ1n) is 13.6. The molecule has 0 saturated carbocycles. The van der Waals surface area contributed by atoms with E-state index in [9.17, 15) is 24.1 Å². The van der Waals surface area contributed by atoms with Crippen LogP contribution >= 0.6 is 7.75 Å². The molecule has 1 aliphatic rings. The molecule has 0 aliphatic carbocycles. The number of carbonyl (C=O) groups excluding carboxylic acids is 2. The van der Waals surface area contributed by atoms with E-state index in [1.165, 1.54) is 25.1 Å². The summed E-state index contributed by atoms with van der Waals surface area (Å²) in [5.41, 5.74) is -3.52. The van der Waals surface area contributed by atoms with E-state index < -0.39 is 68.4 Å². The molecule has 1 aliphatic heterocycles. The molecule has 0 unspecified atom stereocenters. The second-order valence-corrected chi connectivity index (χ2v) is 12.5. The van der Waals surface area contributed by atoms with Crippen molar-refractivity contribution in [3.8, 4) is 5.75 Å². The molecule has 0 bridgehead atoms. The van der Waals surface area contributed by atoms with Gasteiger partial charge in [0, 0.05) is 6.20 Å². The van der Waals surface area contributed by atoms with Crippen LogP contribution in [0.15, 0.2) is 47.4 Å². The summed E-state index contributed by atoms with van der Waals surface area (Å²) in [6.07, 6.45) is -5.06. The number of rotatable bonds is 13. The first kappa shape index (κ1) is 34.1. The summed E-state index contributed by atoms with van der Waals surface area (Å²) < 4.78 is 57.2. The number of hydrogen-bond acceptors (Lipinski definition) is 11. The maximum atomic E-state index is 15.8.